The molecule has 1 N–H and O–H groups in total. The van der Waals surface area contributed by atoms with Crippen molar-refractivity contribution in [2.45, 2.75) is 41.5 Å². The second-order valence-electron chi connectivity index (χ2n) is 6.99. The zero-order chi connectivity index (χ0) is 23.1. The predicted molar refractivity (Wildman–Crippen MR) is 122 cm³/mol. The molecule has 0 radical (unpaired) electrons. The van der Waals surface area contributed by atoms with E-state index >= 15 is 0 Å². The van der Waals surface area contributed by atoms with E-state index < -0.39 is 11.9 Å². The van der Waals surface area contributed by atoms with Crippen molar-refractivity contribution in [2.75, 3.05) is 31.6 Å². The number of hydrogen-bond acceptors (Lipinski definition) is 6. The van der Waals surface area contributed by atoms with Crippen LogP contribution in [0.15, 0.2) is 18.2 Å². The summed E-state index contributed by atoms with van der Waals surface area (Å²) < 4.78 is 10.8. The summed E-state index contributed by atoms with van der Waals surface area (Å²) in [6.45, 7) is 12.2. The van der Waals surface area contributed by atoms with Crippen LogP contribution in [-0.4, -0.2) is 49.0 Å². The molecule has 0 aliphatic carbocycles. The fourth-order valence-corrected chi connectivity index (χ4v) is 4.27. The van der Waals surface area contributed by atoms with E-state index in [-0.39, 0.29) is 24.7 Å². The van der Waals surface area contributed by atoms with Crippen LogP contribution in [-0.2, 0) is 9.53 Å². The number of amides is 2. The molecule has 2 rings (SSSR count). The lowest BCUT2D eigenvalue weighted by Crippen LogP contribution is -2.30. The number of anilines is 1. The fourth-order valence-electron chi connectivity index (χ4n) is 3.10. The van der Waals surface area contributed by atoms with Crippen molar-refractivity contribution in [3.63, 3.8) is 0 Å². The maximum absolute atomic E-state index is 12.9. The predicted octanol–water partition coefficient (Wildman–Crippen LogP) is 4.35. The number of rotatable bonds is 9. The van der Waals surface area contributed by atoms with E-state index in [4.69, 9.17) is 9.47 Å². The highest BCUT2D eigenvalue weighted by Crippen LogP contribution is 2.34. The number of hydrogen-bond donors (Lipinski definition) is 1. The molecule has 0 aliphatic heterocycles. The smallest absolute Gasteiger partial charge is 0.341 e. The lowest BCUT2D eigenvalue weighted by molar-refractivity contribution is -0.118. The molecule has 2 amide bonds. The molecule has 0 unspecified atom stereocenters. The van der Waals surface area contributed by atoms with Crippen LogP contribution in [0.2, 0.25) is 0 Å². The van der Waals surface area contributed by atoms with Gasteiger partial charge in [0.15, 0.2) is 6.61 Å². The minimum atomic E-state index is -0.569. The molecule has 168 valence electrons. The van der Waals surface area contributed by atoms with Gasteiger partial charge in [-0.15, -0.1) is 11.3 Å². The number of carbonyl (C=O) groups excluding carboxylic acids is 3. The number of nitrogens with one attached hydrogen (secondary N) is 1. The molecule has 0 aliphatic rings. The van der Waals surface area contributed by atoms with E-state index in [9.17, 15) is 14.4 Å². The van der Waals surface area contributed by atoms with Gasteiger partial charge in [0.25, 0.3) is 11.8 Å². The first-order chi connectivity index (χ1) is 14.7. The van der Waals surface area contributed by atoms with Gasteiger partial charge in [0.05, 0.1) is 17.0 Å². The molecule has 0 saturated heterocycles. The van der Waals surface area contributed by atoms with Crippen LogP contribution in [0.3, 0.4) is 0 Å². The third-order valence-corrected chi connectivity index (χ3v) is 6.23. The lowest BCUT2D eigenvalue weighted by Gasteiger charge is -2.18. The highest BCUT2D eigenvalue weighted by molar-refractivity contribution is 7.18. The zero-order valence-electron chi connectivity index (χ0n) is 19.0. The Morgan fingerprint density at radius 1 is 1.03 bits per heavy atom. The van der Waals surface area contributed by atoms with E-state index in [2.05, 4.69) is 5.32 Å². The van der Waals surface area contributed by atoms with Gasteiger partial charge in [-0.3, -0.25) is 9.59 Å². The summed E-state index contributed by atoms with van der Waals surface area (Å²) >= 11 is 1.08. The molecule has 0 fully saturated rings. The zero-order valence-corrected chi connectivity index (χ0v) is 19.8. The summed E-state index contributed by atoms with van der Waals surface area (Å²) in [6.07, 6.45) is 0. The Morgan fingerprint density at radius 3 is 2.32 bits per heavy atom. The summed E-state index contributed by atoms with van der Waals surface area (Å²) in [5.74, 6) is -0.541. The number of thiophene rings is 1. The molecular formula is C23H30N2O5S. The minimum absolute atomic E-state index is 0.176. The Kier molecular flexibility index (Phi) is 8.62. The molecule has 0 atom stereocenters. The lowest BCUT2D eigenvalue weighted by atomic mass is 10.1. The highest BCUT2D eigenvalue weighted by Gasteiger charge is 2.28. The summed E-state index contributed by atoms with van der Waals surface area (Å²) in [5, 5.41) is 3.02. The van der Waals surface area contributed by atoms with Crippen LogP contribution < -0.4 is 10.1 Å². The van der Waals surface area contributed by atoms with Gasteiger partial charge in [0.1, 0.15) is 10.8 Å². The SMILES string of the molecule is CCOC(=O)c1c(NC(=O)COc2cccc(C)c2C)sc(C(=O)N(CC)CC)c1C. The molecule has 0 spiro atoms. The number of aryl methyl sites for hydroxylation is 1. The molecule has 0 bridgehead atoms. The van der Waals surface area contributed by atoms with Crippen LogP contribution >= 0.6 is 11.3 Å². The highest BCUT2D eigenvalue weighted by atomic mass is 32.1. The minimum Gasteiger partial charge on any atom is -0.483 e. The number of carbonyl (C=O) groups is 3. The number of benzene rings is 1. The largest absolute Gasteiger partial charge is 0.483 e. The van der Waals surface area contributed by atoms with Gasteiger partial charge in [-0.25, -0.2) is 4.79 Å². The van der Waals surface area contributed by atoms with Crippen LogP contribution in [0.25, 0.3) is 0 Å². The van der Waals surface area contributed by atoms with Gasteiger partial charge in [0, 0.05) is 13.1 Å². The summed E-state index contributed by atoms with van der Waals surface area (Å²) in [7, 11) is 0. The standard InChI is InChI=1S/C23H30N2O5S/c1-7-25(8-2)22(27)20-16(6)19(23(28)29-9-3)21(31-20)24-18(26)13-30-17-12-10-11-14(4)15(17)5/h10-12H,7-9,13H2,1-6H3,(H,24,26). The monoisotopic (exact) mass is 446 g/mol. The van der Waals surface area contributed by atoms with Crippen molar-refractivity contribution in [3.8, 4) is 5.75 Å². The van der Waals surface area contributed by atoms with Crippen molar-refractivity contribution in [2.24, 2.45) is 0 Å². The molecule has 0 saturated carbocycles. The van der Waals surface area contributed by atoms with Crippen molar-refractivity contribution in [3.05, 3.63) is 45.3 Å². The maximum Gasteiger partial charge on any atom is 0.341 e. The molecular weight excluding hydrogens is 416 g/mol. The van der Waals surface area contributed by atoms with Gasteiger partial charge in [-0.2, -0.15) is 0 Å². The second-order valence-corrected chi connectivity index (χ2v) is 8.01. The van der Waals surface area contributed by atoms with E-state index in [1.54, 1.807) is 24.8 Å². The van der Waals surface area contributed by atoms with Gasteiger partial charge in [-0.05, 0) is 64.3 Å². The van der Waals surface area contributed by atoms with Crippen molar-refractivity contribution >= 4 is 34.1 Å². The first kappa shape index (κ1) is 24.4. The second kappa shape index (κ2) is 10.9. The Hall–Kier alpha value is -2.87. The first-order valence-corrected chi connectivity index (χ1v) is 11.1. The fraction of sp³-hybridized carbons (Fsp3) is 0.435. The van der Waals surface area contributed by atoms with Gasteiger partial charge < -0.3 is 19.7 Å². The Balaban J connectivity index is 2.27. The quantitative estimate of drug-likeness (QED) is 0.579. The van der Waals surface area contributed by atoms with Crippen LogP contribution in [0, 0.1) is 20.8 Å². The molecule has 1 aromatic heterocycles. The van der Waals surface area contributed by atoms with Crippen molar-refractivity contribution < 1.29 is 23.9 Å². The van der Waals surface area contributed by atoms with E-state index in [1.165, 1.54) is 0 Å². The van der Waals surface area contributed by atoms with Gasteiger partial charge in [0.2, 0.25) is 0 Å². The summed E-state index contributed by atoms with van der Waals surface area (Å²) in [4.78, 5) is 40.1. The van der Waals surface area contributed by atoms with E-state index in [0.717, 1.165) is 22.5 Å². The third kappa shape index (κ3) is 5.64. The Bertz CT molecular complexity index is 963. The molecule has 2 aromatic rings. The normalized spacial score (nSPS) is 10.5. The van der Waals surface area contributed by atoms with Crippen LogP contribution in [0.5, 0.6) is 5.75 Å². The molecule has 31 heavy (non-hydrogen) atoms. The molecule has 1 heterocycles. The third-order valence-electron chi connectivity index (χ3n) is 5.04. The van der Waals surface area contributed by atoms with Crippen molar-refractivity contribution in [1.82, 2.24) is 4.90 Å². The number of esters is 1. The van der Waals surface area contributed by atoms with E-state index in [1.807, 2.05) is 39.8 Å². The van der Waals surface area contributed by atoms with Crippen LogP contribution in [0.4, 0.5) is 5.00 Å². The van der Waals surface area contributed by atoms with Gasteiger partial charge >= 0.3 is 5.97 Å². The first-order valence-electron chi connectivity index (χ1n) is 10.3. The Morgan fingerprint density at radius 2 is 1.71 bits per heavy atom. The van der Waals surface area contributed by atoms with Crippen LogP contribution in [0.1, 0.15) is 57.5 Å². The molecule has 7 nitrogen and oxygen atoms in total. The topological polar surface area (TPSA) is 84.9 Å². The average Bonchev–Trinajstić information content (AvgIpc) is 3.05. The van der Waals surface area contributed by atoms with Gasteiger partial charge in [-0.1, -0.05) is 12.1 Å². The molecule has 8 heteroatoms. The summed E-state index contributed by atoms with van der Waals surface area (Å²) in [6, 6.07) is 5.63. The number of ether oxygens (including phenoxy) is 2. The maximum atomic E-state index is 12.9. The number of nitrogens with zero attached hydrogens (tertiary/aromatic N) is 1. The summed E-state index contributed by atoms with van der Waals surface area (Å²) in [5.41, 5.74) is 2.74. The Labute approximate surface area is 187 Å². The van der Waals surface area contributed by atoms with Crippen molar-refractivity contribution in [1.29, 1.82) is 0 Å². The van der Waals surface area contributed by atoms with E-state index in [0.29, 0.717) is 34.3 Å². The molecule has 1 aromatic carbocycles. The average molecular weight is 447 g/mol.